The van der Waals surface area contributed by atoms with Gasteiger partial charge in [0.1, 0.15) is 6.61 Å². The van der Waals surface area contributed by atoms with Gasteiger partial charge in [-0.2, -0.15) is 5.10 Å². The molecule has 0 N–H and O–H groups in total. The summed E-state index contributed by atoms with van der Waals surface area (Å²) in [6.07, 6.45) is 0. The van der Waals surface area contributed by atoms with Gasteiger partial charge >= 0.3 is 0 Å². The minimum Gasteiger partial charge on any atom is -0.472 e. The average molecular weight is 256 g/mol. The van der Waals surface area contributed by atoms with Gasteiger partial charge in [0.05, 0.1) is 5.69 Å². The number of aromatic nitrogens is 2. The Morgan fingerprint density at radius 1 is 0.842 bits per heavy atom. The first kappa shape index (κ1) is 13.5. The van der Waals surface area contributed by atoms with Crippen molar-refractivity contribution in [3.63, 3.8) is 0 Å². The lowest BCUT2D eigenvalue weighted by Crippen LogP contribution is -2.04. The van der Waals surface area contributed by atoms with E-state index in [4.69, 9.17) is 4.74 Å². The van der Waals surface area contributed by atoms with Gasteiger partial charge in [-0.25, -0.2) is 0 Å². The molecule has 0 saturated carbocycles. The van der Waals surface area contributed by atoms with Crippen molar-refractivity contribution in [2.24, 2.45) is 0 Å². The van der Waals surface area contributed by atoms with Crippen LogP contribution < -0.4 is 4.74 Å². The second-order valence-electron chi connectivity index (χ2n) is 5.12. The van der Waals surface area contributed by atoms with Gasteiger partial charge in [0, 0.05) is 6.07 Å². The molecule has 3 nitrogen and oxygen atoms in total. The number of hydrogen-bond acceptors (Lipinski definition) is 3. The van der Waals surface area contributed by atoms with Crippen LogP contribution in [0.5, 0.6) is 5.88 Å². The summed E-state index contributed by atoms with van der Waals surface area (Å²) in [4.78, 5) is 0. The van der Waals surface area contributed by atoms with Crippen LogP contribution in [0.4, 0.5) is 0 Å². The highest BCUT2D eigenvalue weighted by molar-refractivity contribution is 5.37. The van der Waals surface area contributed by atoms with Gasteiger partial charge in [0.25, 0.3) is 0 Å². The van der Waals surface area contributed by atoms with E-state index in [2.05, 4.69) is 43.1 Å². The first-order valence-corrected chi connectivity index (χ1v) is 6.48. The summed E-state index contributed by atoms with van der Waals surface area (Å²) in [5.74, 6) is 0.586. The third kappa shape index (κ3) is 3.11. The maximum absolute atomic E-state index is 5.76. The molecule has 0 amide bonds. The van der Waals surface area contributed by atoms with Gasteiger partial charge in [-0.15, -0.1) is 5.10 Å². The SMILES string of the molecule is Cc1cc(C)c(COc2cc(C)c(C)nn2)c(C)c1. The van der Waals surface area contributed by atoms with Gasteiger partial charge in [-0.05, 0) is 56.9 Å². The van der Waals surface area contributed by atoms with Crippen molar-refractivity contribution in [2.75, 3.05) is 0 Å². The molecule has 3 heteroatoms. The molecule has 0 bridgehead atoms. The number of rotatable bonds is 3. The zero-order chi connectivity index (χ0) is 14.0. The Kier molecular flexibility index (Phi) is 3.84. The van der Waals surface area contributed by atoms with Gasteiger partial charge in [-0.3, -0.25) is 0 Å². The summed E-state index contributed by atoms with van der Waals surface area (Å²) < 4.78 is 5.76. The Bertz CT molecular complexity index is 583. The van der Waals surface area contributed by atoms with Crippen LogP contribution in [0.15, 0.2) is 18.2 Å². The van der Waals surface area contributed by atoms with Crippen LogP contribution in [-0.2, 0) is 6.61 Å². The normalized spacial score (nSPS) is 10.6. The molecule has 100 valence electrons. The Morgan fingerprint density at radius 3 is 2.05 bits per heavy atom. The van der Waals surface area contributed by atoms with E-state index in [1.54, 1.807) is 0 Å². The second kappa shape index (κ2) is 5.39. The topological polar surface area (TPSA) is 35.0 Å². The monoisotopic (exact) mass is 256 g/mol. The van der Waals surface area contributed by atoms with Crippen molar-refractivity contribution < 1.29 is 4.74 Å². The number of benzene rings is 1. The largest absolute Gasteiger partial charge is 0.472 e. The van der Waals surface area contributed by atoms with E-state index in [1.165, 1.54) is 22.3 Å². The van der Waals surface area contributed by atoms with Gasteiger partial charge in [-0.1, -0.05) is 17.7 Å². The fourth-order valence-electron chi connectivity index (χ4n) is 2.18. The summed E-state index contributed by atoms with van der Waals surface area (Å²) >= 11 is 0. The molecule has 2 rings (SSSR count). The zero-order valence-electron chi connectivity index (χ0n) is 12.2. The molecule has 0 spiro atoms. The van der Waals surface area contributed by atoms with Crippen LogP contribution in [0.3, 0.4) is 0 Å². The molecule has 19 heavy (non-hydrogen) atoms. The molecule has 2 aromatic rings. The van der Waals surface area contributed by atoms with E-state index in [-0.39, 0.29) is 0 Å². The molecule has 0 aliphatic rings. The highest BCUT2D eigenvalue weighted by atomic mass is 16.5. The standard InChI is InChI=1S/C16H20N2O/c1-10-6-12(3)15(13(4)7-10)9-19-16-8-11(2)14(5)17-18-16/h6-8H,9H2,1-5H3. The summed E-state index contributed by atoms with van der Waals surface area (Å²) in [7, 11) is 0. The van der Waals surface area contributed by atoms with Crippen LogP contribution in [0, 0.1) is 34.6 Å². The van der Waals surface area contributed by atoms with Crippen molar-refractivity contribution in [3.8, 4) is 5.88 Å². The number of aryl methyl sites for hydroxylation is 5. The number of nitrogens with zero attached hydrogens (tertiary/aromatic N) is 2. The lowest BCUT2D eigenvalue weighted by Gasteiger charge is -2.12. The van der Waals surface area contributed by atoms with E-state index in [0.29, 0.717) is 12.5 Å². The highest BCUT2D eigenvalue weighted by Gasteiger charge is 2.06. The van der Waals surface area contributed by atoms with E-state index < -0.39 is 0 Å². The van der Waals surface area contributed by atoms with E-state index in [9.17, 15) is 0 Å². The molecular formula is C16H20N2O. The highest BCUT2D eigenvalue weighted by Crippen LogP contribution is 2.19. The summed E-state index contributed by atoms with van der Waals surface area (Å²) in [6.45, 7) is 10.8. The Morgan fingerprint density at radius 2 is 1.47 bits per heavy atom. The van der Waals surface area contributed by atoms with Crippen molar-refractivity contribution in [3.05, 3.63) is 51.7 Å². The summed E-state index contributed by atoms with van der Waals surface area (Å²) in [5.41, 5.74) is 7.07. The Balaban J connectivity index is 2.16. The predicted octanol–water partition coefficient (Wildman–Crippen LogP) is 3.60. The van der Waals surface area contributed by atoms with Gasteiger partial charge in [0.2, 0.25) is 5.88 Å². The molecular weight excluding hydrogens is 236 g/mol. The van der Waals surface area contributed by atoms with Gasteiger partial charge in [0.15, 0.2) is 0 Å². The van der Waals surface area contributed by atoms with Crippen LogP contribution in [0.25, 0.3) is 0 Å². The minimum absolute atomic E-state index is 0.537. The third-order valence-corrected chi connectivity index (χ3v) is 3.41. The molecule has 0 aliphatic carbocycles. The van der Waals surface area contributed by atoms with Crippen LogP contribution in [-0.4, -0.2) is 10.2 Å². The lowest BCUT2D eigenvalue weighted by molar-refractivity contribution is 0.288. The van der Waals surface area contributed by atoms with Crippen molar-refractivity contribution >= 4 is 0 Å². The molecule has 0 fully saturated rings. The third-order valence-electron chi connectivity index (χ3n) is 3.41. The van der Waals surface area contributed by atoms with E-state index in [1.807, 2.05) is 19.9 Å². The van der Waals surface area contributed by atoms with Crippen molar-refractivity contribution in [2.45, 2.75) is 41.2 Å². The zero-order valence-corrected chi connectivity index (χ0v) is 12.2. The Hall–Kier alpha value is -1.90. The smallest absolute Gasteiger partial charge is 0.233 e. The second-order valence-corrected chi connectivity index (χ2v) is 5.12. The molecule has 0 unspecified atom stereocenters. The molecule has 0 saturated heterocycles. The Labute approximate surface area is 114 Å². The molecule has 0 radical (unpaired) electrons. The lowest BCUT2D eigenvalue weighted by atomic mass is 10.0. The first-order valence-electron chi connectivity index (χ1n) is 6.48. The van der Waals surface area contributed by atoms with Crippen molar-refractivity contribution in [1.82, 2.24) is 10.2 Å². The fourth-order valence-corrected chi connectivity index (χ4v) is 2.18. The maximum Gasteiger partial charge on any atom is 0.233 e. The molecule has 1 aromatic carbocycles. The molecule has 0 atom stereocenters. The summed E-state index contributed by atoms with van der Waals surface area (Å²) in [5, 5.41) is 8.13. The number of hydrogen-bond donors (Lipinski definition) is 0. The molecule has 1 heterocycles. The van der Waals surface area contributed by atoms with Crippen LogP contribution in [0.2, 0.25) is 0 Å². The quantitative estimate of drug-likeness (QED) is 0.841. The van der Waals surface area contributed by atoms with E-state index >= 15 is 0 Å². The van der Waals surface area contributed by atoms with Crippen molar-refractivity contribution in [1.29, 1.82) is 0 Å². The summed E-state index contributed by atoms with van der Waals surface area (Å²) in [6, 6.07) is 6.29. The average Bonchev–Trinajstić information content (AvgIpc) is 2.32. The fraction of sp³-hybridized carbons (Fsp3) is 0.375. The van der Waals surface area contributed by atoms with E-state index in [0.717, 1.165) is 11.3 Å². The first-order chi connectivity index (χ1) is 8.97. The maximum atomic E-state index is 5.76. The van der Waals surface area contributed by atoms with Gasteiger partial charge < -0.3 is 4.74 Å². The van der Waals surface area contributed by atoms with Crippen LogP contribution >= 0.6 is 0 Å². The van der Waals surface area contributed by atoms with Crippen LogP contribution in [0.1, 0.15) is 33.5 Å². The minimum atomic E-state index is 0.537. The predicted molar refractivity (Wildman–Crippen MR) is 76.5 cm³/mol. The molecule has 0 aliphatic heterocycles. The number of ether oxygens (including phenoxy) is 1. The molecule has 1 aromatic heterocycles.